The molecule has 0 saturated heterocycles. The van der Waals surface area contributed by atoms with Crippen LogP contribution in [0.1, 0.15) is 90.9 Å². The number of imide groups is 1. The Balaban J connectivity index is 0.681. The Morgan fingerprint density at radius 1 is 0.890 bits per heavy atom. The molecule has 1 radical (unpaired) electrons. The quantitative estimate of drug-likeness (QED) is 0.0345. The average molecular weight is 1130 g/mol. The minimum absolute atomic E-state index is 0.00193. The van der Waals surface area contributed by atoms with E-state index in [2.05, 4.69) is 40.5 Å². The van der Waals surface area contributed by atoms with Crippen molar-refractivity contribution >= 4 is 73.3 Å². The van der Waals surface area contributed by atoms with Crippen molar-refractivity contribution in [2.24, 2.45) is 16.2 Å². The number of hydrogen-bond donors (Lipinski definition) is 4. The third-order valence-corrected chi connectivity index (χ3v) is 17.2. The molecule has 21 heteroatoms. The Kier molecular flexibility index (Phi) is 15.3. The number of H-pyrrole nitrogens is 1. The number of carbonyl (C=O) groups is 6. The number of pyridine rings is 1. The highest BCUT2D eigenvalue weighted by molar-refractivity contribution is 7.22. The van der Waals surface area contributed by atoms with Gasteiger partial charge in [0.15, 0.2) is 10.8 Å². The highest BCUT2D eigenvalue weighted by Crippen LogP contribution is 2.72. The zero-order valence-corrected chi connectivity index (χ0v) is 47.0. The van der Waals surface area contributed by atoms with Gasteiger partial charge in [0.2, 0.25) is 5.91 Å². The summed E-state index contributed by atoms with van der Waals surface area (Å²) in [6.07, 6.45) is 9.41. The molecule has 5 amide bonds. The Hall–Kier alpha value is -8.27. The number of rotatable bonds is 23. The lowest BCUT2D eigenvalue weighted by atomic mass is 9.39. The van der Waals surface area contributed by atoms with Gasteiger partial charge in [-0.15, -0.1) is 0 Å². The number of nitrogens with one attached hydrogen (secondary N) is 3. The molecule has 4 aromatic heterocycles. The Morgan fingerprint density at radius 3 is 2.46 bits per heavy atom. The summed E-state index contributed by atoms with van der Waals surface area (Å²) in [5.41, 5.74) is 4.88. The van der Waals surface area contributed by atoms with Gasteiger partial charge in [0.05, 0.1) is 64.3 Å². The van der Waals surface area contributed by atoms with Crippen LogP contribution in [0.3, 0.4) is 0 Å². The van der Waals surface area contributed by atoms with Crippen molar-refractivity contribution in [3.63, 3.8) is 0 Å². The number of aromatic carboxylic acids is 1. The number of carbonyl (C=O) groups excluding carboxylic acids is 5. The molecule has 4 bridgehead atoms. The van der Waals surface area contributed by atoms with Crippen molar-refractivity contribution in [3.8, 4) is 28.3 Å². The van der Waals surface area contributed by atoms with E-state index in [0.29, 0.717) is 69.7 Å². The number of aromatic nitrogens is 5. The highest BCUT2D eigenvalue weighted by atomic mass is 32.1. The Bertz CT molecular complexity index is 3610. The lowest BCUT2D eigenvalue weighted by Crippen LogP contribution is -2.64. The zero-order valence-electron chi connectivity index (χ0n) is 46.2. The molecule has 4 fully saturated rings. The van der Waals surface area contributed by atoms with Gasteiger partial charge in [-0.1, -0.05) is 61.6 Å². The second-order valence-electron chi connectivity index (χ2n) is 23.0. The number of carboxylic acid groups (broad SMARTS) is 1. The fourth-order valence-corrected chi connectivity index (χ4v) is 14.7. The molecular formula is C61H64N9O11S. The number of anilines is 1. The summed E-state index contributed by atoms with van der Waals surface area (Å²) in [5.74, 6) is -2.15. The number of fused-ring (bicyclic) bond motifs is 2. The number of amides is 5. The van der Waals surface area contributed by atoms with Crippen molar-refractivity contribution < 1.29 is 52.8 Å². The maximum absolute atomic E-state index is 13.6. The third kappa shape index (κ3) is 11.8. The number of carboxylic acids is 1. The number of hydrogen-bond acceptors (Lipinski definition) is 14. The van der Waals surface area contributed by atoms with Gasteiger partial charge in [0.1, 0.15) is 19.0 Å². The van der Waals surface area contributed by atoms with E-state index < -0.39 is 29.5 Å². The van der Waals surface area contributed by atoms with Crippen molar-refractivity contribution in [2.45, 2.75) is 84.5 Å². The van der Waals surface area contributed by atoms with E-state index in [1.807, 2.05) is 48.0 Å². The molecule has 1 aliphatic heterocycles. The first-order chi connectivity index (χ1) is 39.4. The molecule has 4 aliphatic carbocycles. The van der Waals surface area contributed by atoms with Crippen LogP contribution in [0.5, 0.6) is 5.75 Å². The molecule has 4 N–H and O–H groups in total. The second-order valence-corrected chi connectivity index (χ2v) is 24.1. The van der Waals surface area contributed by atoms with E-state index in [-0.39, 0.29) is 79.7 Å². The van der Waals surface area contributed by atoms with Gasteiger partial charge in [0, 0.05) is 79.6 Å². The molecule has 0 spiro atoms. The third-order valence-electron chi connectivity index (χ3n) is 16.2. The van der Waals surface area contributed by atoms with Crippen molar-refractivity contribution in [1.29, 1.82) is 0 Å². The normalized spacial score (nSPS) is 21.6. The lowest BCUT2D eigenvalue weighted by Gasteiger charge is -2.69. The van der Waals surface area contributed by atoms with E-state index in [1.165, 1.54) is 28.4 Å². The van der Waals surface area contributed by atoms with Gasteiger partial charge in [-0.3, -0.25) is 34.1 Å². The smallest absolute Gasteiger partial charge is 0.409 e. The molecule has 5 aliphatic rings. The predicted octanol–water partition coefficient (Wildman–Crippen LogP) is 8.99. The SMILES string of the molecule is Cc1c(-c2ccc(-c3cc4cccc(C(=O)Nc5nc6ccccc6s5)c4[nH]3)nc2C(=O)O)cnn1CC12CC3(C)CC(C)(C1)CC(OCCN(C)C(=O)OCc1cc[c]cc1OCCOCCNC(=O)CCN1C(=O)C=CC1=O)(C3)C2. The zero-order chi connectivity index (χ0) is 57.4. The van der Waals surface area contributed by atoms with Crippen LogP contribution in [0.2, 0.25) is 0 Å². The highest BCUT2D eigenvalue weighted by Gasteiger charge is 2.66. The summed E-state index contributed by atoms with van der Waals surface area (Å²) in [6.45, 7) is 8.94. The number of nitrogens with zero attached hydrogens (tertiary/aromatic N) is 6. The molecule has 20 nitrogen and oxygen atoms in total. The fourth-order valence-electron chi connectivity index (χ4n) is 13.9. The molecule has 2 atom stereocenters. The van der Waals surface area contributed by atoms with Crippen LogP contribution in [0.4, 0.5) is 9.93 Å². The van der Waals surface area contributed by atoms with Crippen molar-refractivity contribution in [2.75, 3.05) is 58.4 Å². The van der Waals surface area contributed by atoms with Crippen LogP contribution in [0.15, 0.2) is 97.2 Å². The maximum Gasteiger partial charge on any atom is 0.409 e. The Morgan fingerprint density at radius 2 is 1.68 bits per heavy atom. The molecular weight excluding hydrogens is 1070 g/mol. The summed E-state index contributed by atoms with van der Waals surface area (Å²) in [4.78, 5) is 90.6. The molecule has 2 unspecified atom stereocenters. The molecule has 425 valence electrons. The van der Waals surface area contributed by atoms with Gasteiger partial charge in [0.25, 0.3) is 17.7 Å². The van der Waals surface area contributed by atoms with Crippen molar-refractivity contribution in [1.82, 2.24) is 39.8 Å². The minimum Gasteiger partial charge on any atom is -0.491 e. The topological polar surface area (TPSA) is 249 Å². The summed E-state index contributed by atoms with van der Waals surface area (Å²) < 4.78 is 27.2. The number of benzene rings is 3. The number of ether oxygens (including phenoxy) is 4. The molecule has 5 heterocycles. The Labute approximate surface area is 477 Å². The first-order valence-corrected chi connectivity index (χ1v) is 28.3. The largest absolute Gasteiger partial charge is 0.491 e. The van der Waals surface area contributed by atoms with Gasteiger partial charge in [-0.05, 0) is 110 Å². The summed E-state index contributed by atoms with van der Waals surface area (Å²) in [5, 5.41) is 22.5. The fraction of sp³-hybridized carbons (Fsp3) is 0.393. The van der Waals surface area contributed by atoms with Crippen LogP contribution in [-0.4, -0.2) is 134 Å². The first kappa shape index (κ1) is 55.6. The van der Waals surface area contributed by atoms with Gasteiger partial charge < -0.3 is 39.3 Å². The molecule has 12 rings (SSSR count). The standard InChI is InChI=1S/C61H64N9O11S/c1-38-43(41-16-17-44(64-53(41)55(75)76)46-28-39-11-9-12-42(52(39)65-46)54(74)67-56-66-45-13-6-8-15-48(45)82-56)29-63-70(38)37-60-32-58(2)31-59(3,33-60)35-61(34-58,36-60)81-25-23-68(4)57(77)80-30-40-10-5-7-14-47(40)79-27-26-78-24-21-62-49(71)20-22-69-50(72)18-19-51(69)73/h5-6,8-19,28-29,65H,20-27,30-37H2,1-4H3,(H,62,71)(H,75,76)(H,66,67,74). The molecule has 3 aromatic carbocycles. The summed E-state index contributed by atoms with van der Waals surface area (Å²) in [7, 11) is 1.70. The molecule has 7 aromatic rings. The van der Waals surface area contributed by atoms with E-state index in [9.17, 15) is 33.9 Å². The van der Waals surface area contributed by atoms with Crippen LogP contribution in [0, 0.1) is 29.2 Å². The van der Waals surface area contributed by atoms with Gasteiger partial charge in [-0.2, -0.15) is 5.10 Å². The second kappa shape index (κ2) is 22.6. The number of para-hydroxylation sites is 2. The van der Waals surface area contributed by atoms with Crippen LogP contribution in [-0.2, 0) is 41.7 Å². The van der Waals surface area contributed by atoms with E-state index >= 15 is 0 Å². The molecule has 82 heavy (non-hydrogen) atoms. The minimum atomic E-state index is -1.17. The van der Waals surface area contributed by atoms with Crippen LogP contribution >= 0.6 is 11.3 Å². The summed E-state index contributed by atoms with van der Waals surface area (Å²) in [6, 6.07) is 26.7. The molecule has 4 saturated carbocycles. The van der Waals surface area contributed by atoms with E-state index in [4.69, 9.17) is 29.0 Å². The van der Waals surface area contributed by atoms with E-state index in [0.717, 1.165) is 64.7 Å². The summed E-state index contributed by atoms with van der Waals surface area (Å²) >= 11 is 1.40. The van der Waals surface area contributed by atoms with Crippen LogP contribution in [0.25, 0.3) is 43.6 Å². The maximum atomic E-state index is 13.6. The van der Waals surface area contributed by atoms with Gasteiger partial charge >= 0.3 is 12.1 Å². The average Bonchev–Trinajstić information content (AvgIpc) is 2.01. The number of likely N-dealkylation sites (N-methyl/N-ethyl adjacent to an activating group) is 1. The monoisotopic (exact) mass is 1130 g/mol. The first-order valence-electron chi connectivity index (χ1n) is 27.5. The van der Waals surface area contributed by atoms with Crippen LogP contribution < -0.4 is 15.4 Å². The van der Waals surface area contributed by atoms with E-state index in [1.54, 1.807) is 55.7 Å². The number of aromatic amines is 1. The number of thiazole rings is 1. The van der Waals surface area contributed by atoms with Gasteiger partial charge in [-0.25, -0.2) is 19.6 Å². The predicted molar refractivity (Wildman–Crippen MR) is 305 cm³/mol. The lowest BCUT2D eigenvalue weighted by molar-refractivity contribution is -0.248. The van der Waals surface area contributed by atoms with Crippen molar-refractivity contribution in [3.05, 3.63) is 126 Å².